The fraction of sp³-hybridized carbons (Fsp3) is 0.125. The summed E-state index contributed by atoms with van der Waals surface area (Å²) in [4.78, 5) is 40.9. The number of esters is 1. The van der Waals surface area contributed by atoms with Crippen LogP contribution in [0.1, 0.15) is 26.3 Å². The number of carboxylic acid groups (broad SMARTS) is 1. The van der Waals surface area contributed by atoms with E-state index in [0.717, 1.165) is 31.4 Å². The zero-order chi connectivity index (χ0) is 21.6. The summed E-state index contributed by atoms with van der Waals surface area (Å²) in [7, 11) is 1.07. The van der Waals surface area contributed by atoms with Gasteiger partial charge in [0.2, 0.25) is 0 Å². The number of carboxylic acids is 1. The number of nitro groups is 2. The van der Waals surface area contributed by atoms with Gasteiger partial charge in [0.1, 0.15) is 22.8 Å². The van der Waals surface area contributed by atoms with Crippen LogP contribution in [0.25, 0.3) is 0 Å². The van der Waals surface area contributed by atoms with E-state index in [2.05, 4.69) is 4.74 Å². The minimum atomic E-state index is -1.51. The van der Waals surface area contributed by atoms with Crippen molar-refractivity contribution in [1.82, 2.24) is 0 Å². The van der Waals surface area contributed by atoms with Crippen LogP contribution in [0.15, 0.2) is 30.3 Å². The first-order chi connectivity index (χ1) is 13.0. The molecule has 0 saturated carbocycles. The molecule has 28 heavy (non-hydrogen) atoms. The van der Waals surface area contributed by atoms with E-state index in [1.165, 1.54) is 6.92 Å². The third-order valence-corrected chi connectivity index (χ3v) is 3.24. The summed E-state index contributed by atoms with van der Waals surface area (Å²) in [5.41, 5.74) is -2.07. The van der Waals surface area contributed by atoms with Crippen molar-refractivity contribution in [3.63, 3.8) is 0 Å². The number of rotatable bonds is 4. The Morgan fingerprint density at radius 2 is 1.57 bits per heavy atom. The Hall–Kier alpha value is -3.96. The Morgan fingerprint density at radius 3 is 2.04 bits per heavy atom. The molecule has 0 unspecified atom stereocenters. The molecular weight excluding hydrogens is 386 g/mol. The minimum Gasteiger partial charge on any atom is -0.477 e. The second-order valence-corrected chi connectivity index (χ2v) is 5.09. The number of benzene rings is 2. The molecule has 0 atom stereocenters. The minimum absolute atomic E-state index is 0.00704. The van der Waals surface area contributed by atoms with Crippen LogP contribution in [0.5, 0.6) is 0 Å². The standard InChI is InChI=1S/2C8H6FNO4/c1-4-2-5(9)3-6(8(11)12)7(4)10(13)14;1-14-8(11)6-4-5(9)2-3-7(6)10(12)13/h2-3H,1H3,(H,11,12);2-4H,1H3. The van der Waals surface area contributed by atoms with Crippen molar-refractivity contribution in [2.24, 2.45) is 0 Å². The molecule has 0 aliphatic heterocycles. The predicted molar refractivity (Wildman–Crippen MR) is 89.1 cm³/mol. The molecule has 148 valence electrons. The molecule has 12 heteroatoms. The average molecular weight is 398 g/mol. The number of halogens is 2. The molecule has 2 rings (SSSR count). The smallest absolute Gasteiger partial charge is 0.344 e. The number of carbonyl (C=O) groups is 2. The summed E-state index contributed by atoms with van der Waals surface area (Å²) in [5, 5.41) is 29.5. The molecule has 0 radical (unpaired) electrons. The van der Waals surface area contributed by atoms with Crippen LogP contribution in [0.3, 0.4) is 0 Å². The Balaban J connectivity index is 0.000000280. The Morgan fingerprint density at radius 1 is 1.00 bits per heavy atom. The molecule has 0 aliphatic carbocycles. The van der Waals surface area contributed by atoms with Gasteiger partial charge in [0.15, 0.2) is 0 Å². The van der Waals surface area contributed by atoms with Gasteiger partial charge in [-0.3, -0.25) is 20.2 Å². The van der Waals surface area contributed by atoms with Gasteiger partial charge in [0, 0.05) is 11.6 Å². The number of hydrogen-bond donors (Lipinski definition) is 1. The Kier molecular flexibility index (Phi) is 7.19. The van der Waals surface area contributed by atoms with E-state index in [-0.39, 0.29) is 5.56 Å². The molecule has 0 heterocycles. The largest absolute Gasteiger partial charge is 0.477 e. The quantitative estimate of drug-likeness (QED) is 0.468. The lowest BCUT2D eigenvalue weighted by atomic mass is 10.1. The van der Waals surface area contributed by atoms with E-state index in [4.69, 9.17) is 5.11 Å². The normalized spacial score (nSPS) is 9.71. The van der Waals surface area contributed by atoms with E-state index in [0.29, 0.717) is 6.07 Å². The van der Waals surface area contributed by atoms with Gasteiger partial charge in [0.05, 0.1) is 17.0 Å². The summed E-state index contributed by atoms with van der Waals surface area (Å²) >= 11 is 0. The summed E-state index contributed by atoms with van der Waals surface area (Å²) in [6.45, 7) is 1.29. The van der Waals surface area contributed by atoms with Crippen molar-refractivity contribution in [3.8, 4) is 0 Å². The topological polar surface area (TPSA) is 150 Å². The molecule has 0 aliphatic rings. The van der Waals surface area contributed by atoms with Crippen molar-refractivity contribution in [2.75, 3.05) is 7.11 Å². The summed E-state index contributed by atoms with van der Waals surface area (Å²) in [6.07, 6.45) is 0. The zero-order valence-corrected chi connectivity index (χ0v) is 14.3. The molecule has 2 aromatic rings. The molecule has 0 saturated heterocycles. The maximum atomic E-state index is 12.7. The van der Waals surface area contributed by atoms with Crippen LogP contribution in [-0.2, 0) is 4.74 Å². The van der Waals surface area contributed by atoms with Crippen molar-refractivity contribution < 1.29 is 38.1 Å². The van der Waals surface area contributed by atoms with Gasteiger partial charge in [-0.25, -0.2) is 18.4 Å². The Bertz CT molecular complexity index is 962. The number of nitro benzene ring substituents is 2. The highest BCUT2D eigenvalue weighted by atomic mass is 19.1. The molecule has 0 bridgehead atoms. The second kappa shape index (κ2) is 9.12. The van der Waals surface area contributed by atoms with E-state index in [9.17, 15) is 38.6 Å². The van der Waals surface area contributed by atoms with E-state index in [1.54, 1.807) is 0 Å². The van der Waals surface area contributed by atoms with E-state index < -0.39 is 55.9 Å². The summed E-state index contributed by atoms with van der Waals surface area (Å²) in [6, 6.07) is 4.15. The number of nitrogens with zero attached hydrogens (tertiary/aromatic N) is 2. The average Bonchev–Trinajstić information content (AvgIpc) is 2.60. The highest BCUT2D eigenvalue weighted by molar-refractivity contribution is 5.94. The number of hydrogen-bond acceptors (Lipinski definition) is 7. The van der Waals surface area contributed by atoms with Crippen LogP contribution in [-0.4, -0.2) is 34.0 Å². The van der Waals surface area contributed by atoms with Gasteiger partial charge in [-0.05, 0) is 31.2 Å². The van der Waals surface area contributed by atoms with Gasteiger partial charge in [0.25, 0.3) is 11.4 Å². The van der Waals surface area contributed by atoms with Crippen molar-refractivity contribution in [3.05, 3.63) is 78.9 Å². The molecule has 0 amide bonds. The van der Waals surface area contributed by atoms with Crippen LogP contribution >= 0.6 is 0 Å². The number of ether oxygens (including phenoxy) is 1. The first-order valence-corrected chi connectivity index (χ1v) is 7.19. The third kappa shape index (κ3) is 5.27. The lowest BCUT2D eigenvalue weighted by Gasteiger charge is -2.01. The van der Waals surface area contributed by atoms with E-state index >= 15 is 0 Å². The molecular formula is C16H12F2N2O8. The number of carbonyl (C=O) groups excluding carboxylic acids is 1. The first-order valence-electron chi connectivity index (χ1n) is 7.19. The maximum Gasteiger partial charge on any atom is 0.344 e. The summed E-state index contributed by atoms with van der Waals surface area (Å²) in [5.74, 6) is -3.97. The maximum absolute atomic E-state index is 12.7. The molecule has 10 nitrogen and oxygen atoms in total. The monoisotopic (exact) mass is 398 g/mol. The number of aryl methyl sites for hydroxylation is 1. The second-order valence-electron chi connectivity index (χ2n) is 5.09. The zero-order valence-electron chi connectivity index (χ0n) is 14.3. The third-order valence-electron chi connectivity index (χ3n) is 3.24. The first kappa shape index (κ1) is 22.1. The van der Waals surface area contributed by atoms with Crippen molar-refractivity contribution in [2.45, 2.75) is 6.92 Å². The fourth-order valence-electron chi connectivity index (χ4n) is 2.08. The van der Waals surface area contributed by atoms with Gasteiger partial charge in [-0.1, -0.05) is 0 Å². The molecule has 0 aromatic heterocycles. The molecule has 2 aromatic carbocycles. The fourth-order valence-corrected chi connectivity index (χ4v) is 2.08. The SMILES string of the molecule is COC(=O)c1cc(F)ccc1[N+](=O)[O-].Cc1cc(F)cc(C(=O)O)c1[N+](=O)[O-]. The van der Waals surface area contributed by atoms with Crippen LogP contribution in [0, 0.1) is 38.8 Å². The molecule has 0 fully saturated rings. The Labute approximate surface area is 155 Å². The van der Waals surface area contributed by atoms with Crippen LogP contribution in [0.2, 0.25) is 0 Å². The van der Waals surface area contributed by atoms with Crippen molar-refractivity contribution >= 4 is 23.3 Å². The highest BCUT2D eigenvalue weighted by Crippen LogP contribution is 2.24. The van der Waals surface area contributed by atoms with Gasteiger partial charge in [-0.15, -0.1) is 0 Å². The summed E-state index contributed by atoms with van der Waals surface area (Å²) < 4.78 is 29.7. The van der Waals surface area contributed by atoms with Crippen LogP contribution < -0.4 is 0 Å². The lowest BCUT2D eigenvalue weighted by molar-refractivity contribution is -0.385. The lowest BCUT2D eigenvalue weighted by Crippen LogP contribution is -2.06. The van der Waals surface area contributed by atoms with Crippen LogP contribution in [0.4, 0.5) is 20.2 Å². The van der Waals surface area contributed by atoms with E-state index in [1.807, 2.05) is 0 Å². The molecule has 0 spiro atoms. The predicted octanol–water partition coefficient (Wildman–Crippen LogP) is 3.26. The van der Waals surface area contributed by atoms with Gasteiger partial charge in [-0.2, -0.15) is 0 Å². The number of methoxy groups -OCH3 is 1. The highest BCUT2D eigenvalue weighted by Gasteiger charge is 2.23. The van der Waals surface area contributed by atoms with Crippen molar-refractivity contribution in [1.29, 1.82) is 0 Å². The van der Waals surface area contributed by atoms with Gasteiger partial charge >= 0.3 is 11.9 Å². The number of aromatic carboxylic acids is 1. The van der Waals surface area contributed by atoms with Gasteiger partial charge < -0.3 is 9.84 Å². The molecule has 1 N–H and O–H groups in total.